The molecular formula is C12H21N3O. The summed E-state index contributed by atoms with van der Waals surface area (Å²) in [6.45, 7) is 7.05. The number of hydrogen-bond acceptors (Lipinski definition) is 3. The van der Waals surface area contributed by atoms with Crippen molar-refractivity contribution in [1.29, 1.82) is 0 Å². The largest absolute Gasteiger partial charge is 0.377 e. The van der Waals surface area contributed by atoms with Crippen LogP contribution < -0.4 is 5.32 Å². The minimum Gasteiger partial charge on any atom is -0.377 e. The van der Waals surface area contributed by atoms with Gasteiger partial charge in [0.2, 0.25) is 0 Å². The van der Waals surface area contributed by atoms with E-state index in [0.717, 1.165) is 19.7 Å². The molecule has 0 amide bonds. The Hall–Kier alpha value is -0.870. The molecule has 0 bridgehead atoms. The zero-order valence-corrected chi connectivity index (χ0v) is 10.1. The molecule has 1 unspecified atom stereocenters. The van der Waals surface area contributed by atoms with Crippen LogP contribution in [0.4, 0.5) is 0 Å². The monoisotopic (exact) mass is 223 g/mol. The summed E-state index contributed by atoms with van der Waals surface area (Å²) in [7, 11) is 0. The molecule has 0 saturated carbocycles. The molecule has 1 fully saturated rings. The van der Waals surface area contributed by atoms with Gasteiger partial charge in [-0.1, -0.05) is 0 Å². The van der Waals surface area contributed by atoms with Crippen LogP contribution in [0.3, 0.4) is 0 Å². The van der Waals surface area contributed by atoms with Crippen molar-refractivity contribution in [2.24, 2.45) is 0 Å². The second kappa shape index (κ2) is 5.46. The van der Waals surface area contributed by atoms with E-state index < -0.39 is 0 Å². The third kappa shape index (κ3) is 2.83. The summed E-state index contributed by atoms with van der Waals surface area (Å²) in [5, 5.41) is 7.75. The summed E-state index contributed by atoms with van der Waals surface area (Å²) in [5.74, 6) is 0. The number of aromatic nitrogens is 2. The summed E-state index contributed by atoms with van der Waals surface area (Å²) in [4.78, 5) is 0. The summed E-state index contributed by atoms with van der Waals surface area (Å²) < 4.78 is 7.62. The molecule has 4 nitrogen and oxygen atoms in total. The first kappa shape index (κ1) is 11.6. The highest BCUT2D eigenvalue weighted by Crippen LogP contribution is 2.11. The lowest BCUT2D eigenvalue weighted by molar-refractivity contribution is 0.109. The van der Waals surface area contributed by atoms with Gasteiger partial charge in [-0.2, -0.15) is 5.10 Å². The molecule has 2 rings (SSSR count). The highest BCUT2D eigenvalue weighted by Gasteiger charge is 2.14. The SMILES string of the molecule is CC(C)n1nccc1CNCC1CCCO1. The molecule has 1 aromatic rings. The Morgan fingerprint density at radius 1 is 1.62 bits per heavy atom. The predicted molar refractivity (Wildman–Crippen MR) is 63.3 cm³/mol. The van der Waals surface area contributed by atoms with E-state index in [2.05, 4.69) is 35.0 Å². The first-order valence-corrected chi connectivity index (χ1v) is 6.12. The number of ether oxygens (including phenoxy) is 1. The fourth-order valence-electron chi connectivity index (χ4n) is 2.11. The van der Waals surface area contributed by atoms with Crippen molar-refractivity contribution < 1.29 is 4.74 Å². The van der Waals surface area contributed by atoms with Gasteiger partial charge in [0.1, 0.15) is 0 Å². The zero-order valence-electron chi connectivity index (χ0n) is 10.1. The maximum absolute atomic E-state index is 5.57. The Kier molecular flexibility index (Phi) is 3.96. The predicted octanol–water partition coefficient (Wildman–Crippen LogP) is 1.73. The van der Waals surface area contributed by atoms with Crippen molar-refractivity contribution >= 4 is 0 Å². The number of nitrogens with zero attached hydrogens (tertiary/aromatic N) is 2. The Morgan fingerprint density at radius 2 is 2.50 bits per heavy atom. The molecule has 90 valence electrons. The topological polar surface area (TPSA) is 39.1 Å². The van der Waals surface area contributed by atoms with Crippen LogP contribution in [0.1, 0.15) is 38.4 Å². The molecule has 0 aliphatic carbocycles. The maximum atomic E-state index is 5.57. The van der Waals surface area contributed by atoms with E-state index in [1.165, 1.54) is 18.5 Å². The first-order chi connectivity index (χ1) is 7.77. The van der Waals surface area contributed by atoms with E-state index in [-0.39, 0.29) is 0 Å². The second-order valence-electron chi connectivity index (χ2n) is 4.63. The van der Waals surface area contributed by atoms with E-state index in [0.29, 0.717) is 12.1 Å². The number of nitrogens with one attached hydrogen (secondary N) is 1. The minimum absolute atomic E-state index is 0.412. The average Bonchev–Trinajstić information content (AvgIpc) is 2.87. The van der Waals surface area contributed by atoms with Crippen LogP contribution >= 0.6 is 0 Å². The van der Waals surface area contributed by atoms with Crippen LogP contribution in [0.2, 0.25) is 0 Å². The van der Waals surface area contributed by atoms with E-state index >= 15 is 0 Å². The van der Waals surface area contributed by atoms with Gasteiger partial charge in [0.15, 0.2) is 0 Å². The van der Waals surface area contributed by atoms with Crippen molar-refractivity contribution in [2.45, 2.75) is 45.4 Å². The molecule has 1 aromatic heterocycles. The Balaban J connectivity index is 1.78. The molecule has 0 aromatic carbocycles. The molecule has 0 radical (unpaired) electrons. The molecule has 4 heteroatoms. The van der Waals surface area contributed by atoms with E-state index in [9.17, 15) is 0 Å². The van der Waals surface area contributed by atoms with Crippen molar-refractivity contribution in [3.05, 3.63) is 18.0 Å². The second-order valence-corrected chi connectivity index (χ2v) is 4.63. The third-order valence-electron chi connectivity index (χ3n) is 2.94. The lowest BCUT2D eigenvalue weighted by Crippen LogP contribution is -2.27. The van der Waals surface area contributed by atoms with Gasteiger partial charge in [-0.05, 0) is 32.8 Å². The van der Waals surface area contributed by atoms with Gasteiger partial charge in [-0.25, -0.2) is 0 Å². The lowest BCUT2D eigenvalue weighted by atomic mass is 10.2. The summed E-state index contributed by atoms with van der Waals surface area (Å²) >= 11 is 0. The third-order valence-corrected chi connectivity index (χ3v) is 2.94. The molecule has 0 spiro atoms. The van der Waals surface area contributed by atoms with Crippen LogP contribution in [0.15, 0.2) is 12.3 Å². The summed E-state index contributed by atoms with van der Waals surface area (Å²) in [6.07, 6.45) is 4.67. The molecule has 1 aliphatic heterocycles. The van der Waals surface area contributed by atoms with Gasteiger partial charge in [0.05, 0.1) is 11.8 Å². The first-order valence-electron chi connectivity index (χ1n) is 6.12. The van der Waals surface area contributed by atoms with Crippen LogP contribution in [-0.2, 0) is 11.3 Å². The van der Waals surface area contributed by atoms with Gasteiger partial charge in [-0.3, -0.25) is 4.68 Å². The maximum Gasteiger partial charge on any atom is 0.0700 e. The highest BCUT2D eigenvalue weighted by molar-refractivity contribution is 5.01. The Morgan fingerprint density at radius 3 is 3.19 bits per heavy atom. The van der Waals surface area contributed by atoms with Crippen LogP contribution in [0.25, 0.3) is 0 Å². The normalized spacial score (nSPS) is 20.8. The molecular weight excluding hydrogens is 202 g/mol. The van der Waals surface area contributed by atoms with Crippen LogP contribution in [0.5, 0.6) is 0 Å². The van der Waals surface area contributed by atoms with Crippen LogP contribution in [-0.4, -0.2) is 29.0 Å². The van der Waals surface area contributed by atoms with Crippen molar-refractivity contribution in [2.75, 3.05) is 13.2 Å². The summed E-state index contributed by atoms with van der Waals surface area (Å²) in [6, 6.07) is 2.50. The molecule has 2 heterocycles. The average molecular weight is 223 g/mol. The molecule has 1 aliphatic rings. The summed E-state index contributed by atoms with van der Waals surface area (Å²) in [5.41, 5.74) is 1.24. The Labute approximate surface area is 97.0 Å². The van der Waals surface area contributed by atoms with Gasteiger partial charge in [-0.15, -0.1) is 0 Å². The molecule has 1 saturated heterocycles. The van der Waals surface area contributed by atoms with Crippen LogP contribution in [0, 0.1) is 0 Å². The van der Waals surface area contributed by atoms with Crippen molar-refractivity contribution in [1.82, 2.24) is 15.1 Å². The standard InChI is InChI=1S/C12H21N3O/c1-10(2)15-11(5-6-14-15)8-13-9-12-4-3-7-16-12/h5-6,10,12-13H,3-4,7-9H2,1-2H3. The minimum atomic E-state index is 0.412. The quantitative estimate of drug-likeness (QED) is 0.826. The van der Waals surface area contributed by atoms with E-state index in [1.54, 1.807) is 0 Å². The van der Waals surface area contributed by atoms with Gasteiger partial charge in [0, 0.05) is 31.9 Å². The van der Waals surface area contributed by atoms with Gasteiger partial charge < -0.3 is 10.1 Å². The highest BCUT2D eigenvalue weighted by atomic mass is 16.5. The lowest BCUT2D eigenvalue weighted by Gasteiger charge is -2.13. The molecule has 1 atom stereocenters. The molecule has 16 heavy (non-hydrogen) atoms. The van der Waals surface area contributed by atoms with E-state index in [4.69, 9.17) is 4.74 Å². The van der Waals surface area contributed by atoms with E-state index in [1.807, 2.05) is 6.20 Å². The molecule has 1 N–H and O–H groups in total. The van der Waals surface area contributed by atoms with Crippen molar-refractivity contribution in [3.8, 4) is 0 Å². The van der Waals surface area contributed by atoms with Gasteiger partial charge >= 0.3 is 0 Å². The van der Waals surface area contributed by atoms with Gasteiger partial charge in [0.25, 0.3) is 0 Å². The fraction of sp³-hybridized carbons (Fsp3) is 0.750. The number of hydrogen-bond donors (Lipinski definition) is 1. The Bertz CT molecular complexity index is 316. The zero-order chi connectivity index (χ0) is 11.4. The fourth-order valence-corrected chi connectivity index (χ4v) is 2.11. The van der Waals surface area contributed by atoms with Crippen molar-refractivity contribution in [3.63, 3.8) is 0 Å². The number of rotatable bonds is 5. The smallest absolute Gasteiger partial charge is 0.0700 e.